The highest BCUT2D eigenvalue weighted by molar-refractivity contribution is 5.11. The minimum Gasteiger partial charge on any atom is -0.0656 e. The van der Waals surface area contributed by atoms with E-state index < -0.39 is 0 Å². The molecule has 56 valence electrons. The molecule has 0 radical (unpaired) electrons. The predicted molar refractivity (Wildman–Crippen MR) is 47.1 cm³/mol. The van der Waals surface area contributed by atoms with Gasteiger partial charge in [0.1, 0.15) is 0 Å². The van der Waals surface area contributed by atoms with Gasteiger partial charge in [-0.1, -0.05) is 56.2 Å². The molecule has 0 aliphatic carbocycles. The Bertz CT molecular complexity index is 158. The van der Waals surface area contributed by atoms with Crippen LogP contribution in [0.4, 0.5) is 0 Å². The standard InChI is InChI=1S/C7H8.C3H8/c1-7-5-3-2-4-6-7;1-3-2/h2-6H,1H3;3H2,1-2H3/i1T;. The maximum atomic E-state index is 6.94. The van der Waals surface area contributed by atoms with E-state index in [0.29, 0.717) is 6.90 Å². The molecule has 0 aromatic heterocycles. The fraction of sp³-hybridized carbons (Fsp3) is 0.400. The monoisotopic (exact) mass is 138 g/mol. The minimum absolute atomic E-state index is 0.390. The molecule has 1 rings (SSSR count). The van der Waals surface area contributed by atoms with Gasteiger partial charge in [-0.05, 0) is 6.90 Å². The molecule has 10 heavy (non-hydrogen) atoms. The summed E-state index contributed by atoms with van der Waals surface area (Å²) >= 11 is 0. The Morgan fingerprint density at radius 3 is 2.00 bits per heavy atom. The van der Waals surface area contributed by atoms with Gasteiger partial charge in [-0.3, -0.25) is 0 Å². The Morgan fingerprint density at radius 1 is 1.20 bits per heavy atom. The molecule has 0 nitrogen and oxygen atoms in total. The lowest BCUT2D eigenvalue weighted by Gasteiger charge is -1.82. The molecule has 0 amide bonds. The van der Waals surface area contributed by atoms with Crippen molar-refractivity contribution in [2.45, 2.75) is 27.2 Å². The van der Waals surface area contributed by atoms with Gasteiger partial charge in [-0.15, -0.1) is 0 Å². The van der Waals surface area contributed by atoms with E-state index in [2.05, 4.69) is 13.8 Å². The second-order valence-corrected chi connectivity index (χ2v) is 2.19. The van der Waals surface area contributed by atoms with Crippen LogP contribution >= 0.6 is 0 Å². The zero-order valence-corrected chi connectivity index (χ0v) is 6.80. The zero-order chi connectivity index (χ0) is 8.53. The normalized spacial score (nSPS) is 9.20. The van der Waals surface area contributed by atoms with Crippen LogP contribution in [0.5, 0.6) is 0 Å². The summed E-state index contributed by atoms with van der Waals surface area (Å²) < 4.78 is 6.94. The van der Waals surface area contributed by atoms with Crippen molar-refractivity contribution in [2.75, 3.05) is 0 Å². The van der Waals surface area contributed by atoms with E-state index in [0.717, 1.165) is 5.56 Å². The second-order valence-electron chi connectivity index (χ2n) is 2.19. The van der Waals surface area contributed by atoms with Gasteiger partial charge in [-0.2, -0.15) is 0 Å². The van der Waals surface area contributed by atoms with Crippen LogP contribution in [0.2, 0.25) is 0 Å². The molecule has 0 N–H and O–H groups in total. The summed E-state index contributed by atoms with van der Waals surface area (Å²) in [7, 11) is 0. The lowest BCUT2D eigenvalue weighted by atomic mass is 10.2. The Balaban J connectivity index is 0.000000292. The smallest absolute Gasteiger partial charge is 0.0280 e. The van der Waals surface area contributed by atoms with Crippen molar-refractivity contribution in [3.8, 4) is 0 Å². The van der Waals surface area contributed by atoms with Gasteiger partial charge in [0.05, 0.1) is 0 Å². The molecule has 1 aromatic rings. The van der Waals surface area contributed by atoms with E-state index in [9.17, 15) is 0 Å². The molecular formula is C10H16. The molecule has 0 aliphatic rings. The molecule has 0 heteroatoms. The molecule has 1 aromatic carbocycles. The number of hydrogen-bond acceptors (Lipinski definition) is 0. The van der Waals surface area contributed by atoms with Crippen LogP contribution < -0.4 is 0 Å². The van der Waals surface area contributed by atoms with Crippen LogP contribution in [-0.2, 0) is 0 Å². The fourth-order valence-corrected chi connectivity index (χ4v) is 0.478. The van der Waals surface area contributed by atoms with Gasteiger partial charge < -0.3 is 0 Å². The second kappa shape index (κ2) is 6.34. The van der Waals surface area contributed by atoms with Crippen molar-refractivity contribution in [3.63, 3.8) is 0 Å². The number of rotatable bonds is 0. The predicted octanol–water partition coefficient (Wildman–Crippen LogP) is 3.41. The fourth-order valence-electron chi connectivity index (χ4n) is 0.478. The molecule has 0 aliphatic heterocycles. The van der Waals surface area contributed by atoms with Crippen molar-refractivity contribution >= 4 is 0 Å². The summed E-state index contributed by atoms with van der Waals surface area (Å²) in [5, 5.41) is 0. The molecule has 0 bridgehead atoms. The number of benzene rings is 1. The molecule has 0 heterocycles. The first kappa shape index (κ1) is 7.33. The zero-order valence-electron chi connectivity index (χ0n) is 7.80. The van der Waals surface area contributed by atoms with Crippen molar-refractivity contribution < 1.29 is 1.37 Å². The number of hydrogen-bond donors (Lipinski definition) is 0. The molecule has 0 saturated heterocycles. The highest BCUT2D eigenvalue weighted by Gasteiger charge is 1.72. The maximum Gasteiger partial charge on any atom is 0.0280 e. The highest BCUT2D eigenvalue weighted by Crippen LogP contribution is 1.92. The third-order valence-corrected chi connectivity index (χ3v) is 0.843. The Labute approximate surface area is 65.3 Å². The molecular weight excluding hydrogens is 120 g/mol. The van der Waals surface area contributed by atoms with Crippen LogP contribution in [-0.4, -0.2) is 0 Å². The third kappa shape index (κ3) is 5.36. The van der Waals surface area contributed by atoms with E-state index in [1.165, 1.54) is 6.42 Å². The van der Waals surface area contributed by atoms with Crippen molar-refractivity contribution in [1.29, 1.82) is 0 Å². The Kier molecular flexibility index (Phi) is 4.65. The average Bonchev–Trinajstić information content (AvgIpc) is 2.08. The molecule has 0 atom stereocenters. The summed E-state index contributed by atoms with van der Waals surface area (Å²) in [6, 6.07) is 9.76. The Hall–Kier alpha value is -0.780. The number of aryl methyl sites for hydroxylation is 1. The van der Waals surface area contributed by atoms with Crippen molar-refractivity contribution in [2.24, 2.45) is 0 Å². The summed E-state index contributed by atoms with van der Waals surface area (Å²) in [6.45, 7) is 4.64. The van der Waals surface area contributed by atoms with E-state index >= 15 is 0 Å². The van der Waals surface area contributed by atoms with Gasteiger partial charge >= 0.3 is 0 Å². The third-order valence-electron chi connectivity index (χ3n) is 0.843. The summed E-state index contributed by atoms with van der Waals surface area (Å²) in [5.74, 6) is 0. The first-order chi connectivity index (χ1) is 5.35. The lowest BCUT2D eigenvalue weighted by Crippen LogP contribution is -1.62. The maximum absolute atomic E-state index is 6.94. The van der Waals surface area contributed by atoms with Gasteiger partial charge in [-0.25, -0.2) is 0 Å². The largest absolute Gasteiger partial charge is 0.0656 e. The first-order valence-corrected chi connectivity index (χ1v) is 3.68. The lowest BCUT2D eigenvalue weighted by molar-refractivity contribution is 1.09. The van der Waals surface area contributed by atoms with Crippen LogP contribution in [0.1, 0.15) is 27.2 Å². The summed E-state index contributed by atoms with van der Waals surface area (Å²) in [5.41, 5.74) is 1.08. The summed E-state index contributed by atoms with van der Waals surface area (Å²) in [6.07, 6.45) is 1.25. The SMILES string of the molecule is CCC.[3H]Cc1ccccc1. The molecule has 0 spiro atoms. The van der Waals surface area contributed by atoms with E-state index in [1.54, 1.807) is 0 Å². The van der Waals surface area contributed by atoms with Crippen molar-refractivity contribution in [1.82, 2.24) is 0 Å². The Morgan fingerprint density at radius 2 is 1.70 bits per heavy atom. The first-order valence-electron chi connectivity index (χ1n) is 4.39. The van der Waals surface area contributed by atoms with E-state index in [1.807, 2.05) is 30.3 Å². The molecule has 0 saturated carbocycles. The summed E-state index contributed by atoms with van der Waals surface area (Å²) in [4.78, 5) is 0. The van der Waals surface area contributed by atoms with E-state index in [-0.39, 0.29) is 0 Å². The quantitative estimate of drug-likeness (QED) is 0.515. The molecule has 0 fully saturated rings. The van der Waals surface area contributed by atoms with Gasteiger partial charge in [0.15, 0.2) is 0 Å². The van der Waals surface area contributed by atoms with Gasteiger partial charge in [0, 0.05) is 1.37 Å². The van der Waals surface area contributed by atoms with Crippen molar-refractivity contribution in [3.05, 3.63) is 35.9 Å². The average molecular weight is 138 g/mol. The topological polar surface area (TPSA) is 0 Å². The van der Waals surface area contributed by atoms with Crippen LogP contribution in [0, 0.1) is 6.90 Å². The minimum atomic E-state index is 0.390. The molecule has 0 unspecified atom stereocenters. The van der Waals surface area contributed by atoms with Gasteiger partial charge in [0.2, 0.25) is 0 Å². The van der Waals surface area contributed by atoms with E-state index in [4.69, 9.17) is 1.37 Å². The van der Waals surface area contributed by atoms with Gasteiger partial charge in [0.25, 0.3) is 0 Å². The highest BCUT2D eigenvalue weighted by atomic mass is 13.8. The van der Waals surface area contributed by atoms with Crippen LogP contribution in [0.3, 0.4) is 0 Å². The van der Waals surface area contributed by atoms with Crippen LogP contribution in [0.25, 0.3) is 0 Å². The van der Waals surface area contributed by atoms with Crippen LogP contribution in [0.15, 0.2) is 30.3 Å².